The van der Waals surface area contributed by atoms with Crippen LogP contribution in [-0.2, 0) is 15.1 Å². The fourth-order valence-corrected chi connectivity index (χ4v) is 3.07. The summed E-state index contributed by atoms with van der Waals surface area (Å²) in [4.78, 5) is 26.6. The van der Waals surface area contributed by atoms with Crippen LogP contribution >= 0.6 is 0 Å². The summed E-state index contributed by atoms with van der Waals surface area (Å²) >= 11 is 0. The van der Waals surface area contributed by atoms with Crippen molar-refractivity contribution in [3.63, 3.8) is 0 Å². The zero-order valence-electron chi connectivity index (χ0n) is 11.4. The lowest BCUT2D eigenvalue weighted by Gasteiger charge is -2.08. The number of rotatable bonds is 2. The molecule has 2 aromatic rings. The molecule has 1 spiro atoms. The summed E-state index contributed by atoms with van der Waals surface area (Å²) in [7, 11) is 1.71. The number of ketones is 1. The first-order chi connectivity index (χ1) is 10.2. The van der Waals surface area contributed by atoms with Crippen molar-refractivity contribution in [3.8, 4) is 0 Å². The Morgan fingerprint density at radius 1 is 1.10 bits per heavy atom. The lowest BCUT2D eigenvalue weighted by molar-refractivity contribution is -0.122. The zero-order valence-corrected chi connectivity index (χ0v) is 11.4. The minimum absolute atomic E-state index is 0.144. The van der Waals surface area contributed by atoms with Crippen LogP contribution in [0.5, 0.6) is 0 Å². The number of anilines is 1. The highest BCUT2D eigenvalue weighted by Gasteiger charge is 2.71. The molecule has 4 nitrogen and oxygen atoms in total. The molecule has 4 rings (SSSR count). The first-order valence-electron chi connectivity index (χ1n) is 6.81. The van der Waals surface area contributed by atoms with Gasteiger partial charge in [-0.25, -0.2) is 0 Å². The van der Waals surface area contributed by atoms with Gasteiger partial charge in [0.1, 0.15) is 0 Å². The highest BCUT2D eigenvalue weighted by molar-refractivity contribution is 6.15. The maximum atomic E-state index is 12.5. The number of hydrogen-bond acceptors (Lipinski definition) is 3. The molecule has 2 aromatic carbocycles. The molecular weight excluding hydrogens is 266 g/mol. The van der Waals surface area contributed by atoms with Gasteiger partial charge in [0.2, 0.25) is 5.60 Å². The molecule has 2 aliphatic heterocycles. The number of benzene rings is 2. The number of para-hydroxylation sites is 1. The normalized spacial score (nSPS) is 26.0. The first kappa shape index (κ1) is 12.3. The number of fused-ring (bicyclic) bond motifs is 2. The molecule has 2 aliphatic rings. The van der Waals surface area contributed by atoms with Gasteiger partial charge < -0.3 is 9.64 Å². The summed E-state index contributed by atoms with van der Waals surface area (Å²) < 4.78 is 5.65. The van der Waals surface area contributed by atoms with E-state index < -0.39 is 11.7 Å². The second-order valence-electron chi connectivity index (χ2n) is 5.35. The molecule has 0 unspecified atom stereocenters. The van der Waals surface area contributed by atoms with Crippen molar-refractivity contribution in [1.82, 2.24) is 0 Å². The van der Waals surface area contributed by atoms with E-state index in [1.165, 1.54) is 0 Å². The van der Waals surface area contributed by atoms with E-state index in [9.17, 15) is 9.59 Å². The minimum Gasteiger partial charge on any atom is -0.342 e. The maximum absolute atomic E-state index is 12.5. The van der Waals surface area contributed by atoms with Crippen LogP contribution in [0.15, 0.2) is 54.6 Å². The molecule has 1 amide bonds. The van der Waals surface area contributed by atoms with Crippen LogP contribution < -0.4 is 4.90 Å². The van der Waals surface area contributed by atoms with E-state index in [1.807, 2.05) is 30.3 Å². The van der Waals surface area contributed by atoms with Crippen molar-refractivity contribution in [2.45, 2.75) is 11.7 Å². The highest BCUT2D eigenvalue weighted by atomic mass is 16.6. The Kier molecular flexibility index (Phi) is 2.35. The summed E-state index contributed by atoms with van der Waals surface area (Å²) in [6, 6.07) is 16.4. The number of epoxide rings is 1. The molecule has 1 saturated heterocycles. The van der Waals surface area contributed by atoms with Crippen LogP contribution in [0.2, 0.25) is 0 Å². The van der Waals surface area contributed by atoms with Gasteiger partial charge in [-0.3, -0.25) is 9.59 Å². The number of Topliss-reactive ketones (excluding diaryl/α,β-unsaturated/α-hetero) is 1. The Morgan fingerprint density at radius 2 is 1.76 bits per heavy atom. The maximum Gasteiger partial charge on any atom is 0.267 e. The van der Waals surface area contributed by atoms with Crippen molar-refractivity contribution >= 4 is 17.4 Å². The molecule has 2 heterocycles. The van der Waals surface area contributed by atoms with E-state index in [0.29, 0.717) is 5.56 Å². The molecule has 0 bridgehead atoms. The Bertz CT molecular complexity index is 756. The van der Waals surface area contributed by atoms with E-state index in [0.717, 1.165) is 11.3 Å². The van der Waals surface area contributed by atoms with E-state index in [2.05, 4.69) is 0 Å². The van der Waals surface area contributed by atoms with Crippen LogP contribution in [0.3, 0.4) is 0 Å². The van der Waals surface area contributed by atoms with Crippen LogP contribution in [0.4, 0.5) is 5.69 Å². The highest BCUT2D eigenvalue weighted by Crippen LogP contribution is 2.56. The van der Waals surface area contributed by atoms with Crippen molar-refractivity contribution < 1.29 is 14.3 Å². The summed E-state index contributed by atoms with van der Waals surface area (Å²) in [5.74, 6) is -0.313. The van der Waals surface area contributed by atoms with Gasteiger partial charge in [0, 0.05) is 18.2 Å². The molecule has 21 heavy (non-hydrogen) atoms. The number of nitrogens with zero attached hydrogens (tertiary/aromatic N) is 1. The van der Waals surface area contributed by atoms with Gasteiger partial charge in [-0.15, -0.1) is 0 Å². The van der Waals surface area contributed by atoms with Crippen molar-refractivity contribution in [3.05, 3.63) is 65.7 Å². The molecule has 104 valence electrons. The average molecular weight is 279 g/mol. The van der Waals surface area contributed by atoms with Crippen LogP contribution in [0.25, 0.3) is 0 Å². The Balaban J connectivity index is 1.75. The summed E-state index contributed by atoms with van der Waals surface area (Å²) in [6.07, 6.45) is -0.724. The minimum atomic E-state index is -1.11. The van der Waals surface area contributed by atoms with Crippen LogP contribution in [0.1, 0.15) is 15.9 Å². The predicted molar refractivity (Wildman–Crippen MR) is 77.2 cm³/mol. The largest absolute Gasteiger partial charge is 0.342 e. The van der Waals surface area contributed by atoms with Gasteiger partial charge >= 0.3 is 0 Å². The molecule has 1 fully saturated rings. The SMILES string of the molecule is CN1C(=O)[C@@]2(O[C@H]2C(=O)c2ccccc2)c2ccccc21. The van der Waals surface area contributed by atoms with E-state index in [4.69, 9.17) is 4.74 Å². The standard InChI is InChI=1S/C17H13NO3/c1-18-13-10-6-5-9-12(13)17(16(18)20)15(21-17)14(19)11-7-3-2-4-8-11/h2-10,15H,1H3/t15-,17+/m0/s1. The quantitative estimate of drug-likeness (QED) is 0.625. The van der Waals surface area contributed by atoms with Crippen molar-refractivity contribution in [2.24, 2.45) is 0 Å². The smallest absolute Gasteiger partial charge is 0.267 e. The van der Waals surface area contributed by atoms with E-state index in [1.54, 1.807) is 36.2 Å². The Labute approximate surface area is 121 Å². The Morgan fingerprint density at radius 3 is 2.52 bits per heavy atom. The van der Waals surface area contributed by atoms with Crippen molar-refractivity contribution in [1.29, 1.82) is 0 Å². The molecule has 0 N–H and O–H groups in total. The van der Waals surface area contributed by atoms with Crippen LogP contribution in [-0.4, -0.2) is 24.8 Å². The second kappa shape index (κ2) is 4.02. The van der Waals surface area contributed by atoms with Crippen molar-refractivity contribution in [2.75, 3.05) is 11.9 Å². The van der Waals surface area contributed by atoms with Gasteiger partial charge in [-0.1, -0.05) is 48.5 Å². The third kappa shape index (κ3) is 1.48. The number of amides is 1. The van der Waals surface area contributed by atoms with Gasteiger partial charge in [0.15, 0.2) is 11.9 Å². The lowest BCUT2D eigenvalue weighted by Crippen LogP contribution is -2.32. The molecule has 0 radical (unpaired) electrons. The molecule has 4 heteroatoms. The molecular formula is C17H13NO3. The molecule has 2 atom stereocenters. The molecule has 0 aliphatic carbocycles. The zero-order chi connectivity index (χ0) is 14.6. The van der Waals surface area contributed by atoms with Gasteiger partial charge in [-0.05, 0) is 6.07 Å². The third-order valence-electron chi connectivity index (χ3n) is 4.20. The number of ether oxygens (including phenoxy) is 1. The second-order valence-corrected chi connectivity index (χ2v) is 5.35. The average Bonchev–Trinajstić information content (AvgIpc) is 3.26. The molecule has 0 aromatic heterocycles. The fraction of sp³-hybridized carbons (Fsp3) is 0.176. The molecule has 0 saturated carbocycles. The number of likely N-dealkylation sites (N-methyl/N-ethyl adjacent to an activating group) is 1. The summed E-state index contributed by atoms with van der Waals surface area (Å²) in [5.41, 5.74) is 1.05. The first-order valence-corrected chi connectivity index (χ1v) is 6.81. The van der Waals surface area contributed by atoms with E-state index >= 15 is 0 Å². The van der Waals surface area contributed by atoms with Crippen LogP contribution in [0, 0.1) is 0 Å². The fourth-order valence-electron chi connectivity index (χ4n) is 3.07. The van der Waals surface area contributed by atoms with Gasteiger partial charge in [0.05, 0.1) is 5.69 Å². The monoisotopic (exact) mass is 279 g/mol. The Hall–Kier alpha value is -2.46. The summed E-state index contributed by atoms with van der Waals surface area (Å²) in [6.45, 7) is 0. The summed E-state index contributed by atoms with van der Waals surface area (Å²) in [5, 5.41) is 0. The van der Waals surface area contributed by atoms with Gasteiger partial charge in [-0.2, -0.15) is 0 Å². The number of hydrogen-bond donors (Lipinski definition) is 0. The van der Waals surface area contributed by atoms with Gasteiger partial charge in [0.25, 0.3) is 5.91 Å². The topological polar surface area (TPSA) is 49.9 Å². The predicted octanol–water partition coefficient (Wildman–Crippen LogP) is 2.14. The lowest BCUT2D eigenvalue weighted by atomic mass is 9.92. The third-order valence-corrected chi connectivity index (χ3v) is 4.20. The number of carbonyl (C=O) groups is 2. The van der Waals surface area contributed by atoms with E-state index in [-0.39, 0.29) is 11.7 Å². The number of carbonyl (C=O) groups excluding carboxylic acids is 2.